The minimum absolute atomic E-state index is 0.379. The van der Waals surface area contributed by atoms with E-state index in [4.69, 9.17) is 0 Å². The number of carbonyl (C=O) groups is 1. The largest absolute Gasteiger partial charge is 0.309 e. The molecule has 3 fully saturated rings. The summed E-state index contributed by atoms with van der Waals surface area (Å²) in [6.45, 7) is 0.989. The summed E-state index contributed by atoms with van der Waals surface area (Å²) in [4.78, 5) is 14.4. The van der Waals surface area contributed by atoms with Crippen LogP contribution in [-0.4, -0.2) is 31.3 Å². The normalized spacial score (nSPS) is 47.9. The first-order valence-corrected chi connectivity index (χ1v) is 6.37. The molecule has 0 aromatic carbocycles. The Labute approximate surface area is 92.0 Å². The molecule has 0 aliphatic heterocycles. The second kappa shape index (κ2) is 3.31. The zero-order valence-electron chi connectivity index (χ0n) is 9.78. The molecule has 0 aromatic heterocycles. The molecular weight excluding hydrogens is 186 g/mol. The van der Waals surface area contributed by atoms with Crippen LogP contribution in [0, 0.1) is 29.6 Å². The number of rotatable bonds is 2. The lowest BCUT2D eigenvalue weighted by atomic mass is 9.75. The Morgan fingerprint density at radius 3 is 2.67 bits per heavy atom. The Bertz CT molecular complexity index is 286. The van der Waals surface area contributed by atoms with Crippen molar-refractivity contribution in [1.29, 1.82) is 0 Å². The summed E-state index contributed by atoms with van der Waals surface area (Å²) in [5, 5.41) is 0. The first-order valence-electron chi connectivity index (χ1n) is 6.37. The molecule has 0 spiro atoms. The molecule has 2 nitrogen and oxygen atoms in total. The molecule has 84 valence electrons. The summed E-state index contributed by atoms with van der Waals surface area (Å²) in [7, 11) is 4.18. The van der Waals surface area contributed by atoms with Crippen LogP contribution in [0.3, 0.4) is 0 Å². The molecular formula is C13H21NO. The van der Waals surface area contributed by atoms with Gasteiger partial charge in [0.2, 0.25) is 0 Å². The molecule has 0 heterocycles. The third kappa shape index (κ3) is 1.30. The molecule has 3 saturated carbocycles. The van der Waals surface area contributed by atoms with Crippen LogP contribution < -0.4 is 0 Å². The number of carbonyl (C=O) groups excluding carboxylic acids is 1. The second-order valence-electron chi connectivity index (χ2n) is 6.04. The van der Waals surface area contributed by atoms with Crippen LogP contribution in [0.4, 0.5) is 0 Å². The predicted octanol–water partition coefficient (Wildman–Crippen LogP) is 1.80. The lowest BCUT2D eigenvalue weighted by molar-refractivity contribution is -0.129. The third-order valence-corrected chi connectivity index (χ3v) is 5.03. The van der Waals surface area contributed by atoms with E-state index in [0.29, 0.717) is 17.6 Å². The standard InChI is InChI=1S/C13H21NO/c1-14(2)7-12-10-6-11(13(12)15)9-5-3-4-8(9)10/h8-12H,3-7H2,1-2H3/t8-,9-,10-,11-,12-/m0/s1. The molecule has 0 amide bonds. The van der Waals surface area contributed by atoms with Gasteiger partial charge in [-0.25, -0.2) is 0 Å². The van der Waals surface area contributed by atoms with Gasteiger partial charge in [0.25, 0.3) is 0 Å². The van der Waals surface area contributed by atoms with Gasteiger partial charge < -0.3 is 4.90 Å². The van der Waals surface area contributed by atoms with Gasteiger partial charge in [-0.1, -0.05) is 6.42 Å². The number of fused-ring (bicyclic) bond motifs is 5. The Morgan fingerprint density at radius 1 is 1.20 bits per heavy atom. The maximum absolute atomic E-state index is 12.2. The van der Waals surface area contributed by atoms with E-state index in [0.717, 1.165) is 24.3 Å². The summed E-state index contributed by atoms with van der Waals surface area (Å²) in [6.07, 6.45) is 5.35. The van der Waals surface area contributed by atoms with Gasteiger partial charge in [0, 0.05) is 18.4 Å². The first-order chi connectivity index (χ1) is 7.18. The van der Waals surface area contributed by atoms with Crippen LogP contribution >= 0.6 is 0 Å². The van der Waals surface area contributed by atoms with Crippen molar-refractivity contribution in [3.63, 3.8) is 0 Å². The topological polar surface area (TPSA) is 20.3 Å². The quantitative estimate of drug-likeness (QED) is 0.688. The van der Waals surface area contributed by atoms with Crippen LogP contribution in [0.15, 0.2) is 0 Å². The van der Waals surface area contributed by atoms with Gasteiger partial charge in [0.15, 0.2) is 0 Å². The summed E-state index contributed by atoms with van der Waals surface area (Å²) in [5.41, 5.74) is 0. The minimum Gasteiger partial charge on any atom is -0.309 e. The number of hydrogen-bond acceptors (Lipinski definition) is 2. The second-order valence-corrected chi connectivity index (χ2v) is 6.04. The fraction of sp³-hybridized carbons (Fsp3) is 0.923. The van der Waals surface area contributed by atoms with Gasteiger partial charge in [0.1, 0.15) is 5.78 Å². The van der Waals surface area contributed by atoms with Crippen LogP contribution in [0.1, 0.15) is 25.7 Å². The fourth-order valence-corrected chi connectivity index (χ4v) is 4.59. The van der Waals surface area contributed by atoms with Crippen molar-refractivity contribution >= 4 is 5.78 Å². The summed E-state index contributed by atoms with van der Waals surface area (Å²) < 4.78 is 0. The molecule has 0 saturated heterocycles. The highest BCUT2D eigenvalue weighted by Gasteiger charge is 2.58. The molecule has 0 radical (unpaired) electrons. The molecule has 3 rings (SSSR count). The molecule has 15 heavy (non-hydrogen) atoms. The fourth-order valence-electron chi connectivity index (χ4n) is 4.59. The molecule has 3 aliphatic rings. The van der Waals surface area contributed by atoms with Crippen molar-refractivity contribution in [2.24, 2.45) is 29.6 Å². The third-order valence-electron chi connectivity index (χ3n) is 5.03. The Balaban J connectivity index is 1.81. The van der Waals surface area contributed by atoms with Crippen molar-refractivity contribution < 1.29 is 4.79 Å². The Kier molecular flexibility index (Phi) is 2.17. The van der Waals surface area contributed by atoms with E-state index >= 15 is 0 Å². The van der Waals surface area contributed by atoms with E-state index < -0.39 is 0 Å². The molecule has 0 unspecified atom stereocenters. The van der Waals surface area contributed by atoms with Crippen molar-refractivity contribution in [2.45, 2.75) is 25.7 Å². The average molecular weight is 207 g/mol. The van der Waals surface area contributed by atoms with Gasteiger partial charge in [-0.05, 0) is 51.1 Å². The van der Waals surface area contributed by atoms with E-state index in [-0.39, 0.29) is 0 Å². The van der Waals surface area contributed by atoms with E-state index in [1.54, 1.807) is 0 Å². The van der Waals surface area contributed by atoms with Crippen molar-refractivity contribution in [1.82, 2.24) is 4.90 Å². The molecule has 0 N–H and O–H groups in total. The SMILES string of the molecule is CN(C)C[C@@H]1C(=O)[C@H]2C[C@H]1[C@H]1CCC[C@@H]12. The monoisotopic (exact) mass is 207 g/mol. The van der Waals surface area contributed by atoms with Gasteiger partial charge in [-0.2, -0.15) is 0 Å². The smallest absolute Gasteiger partial charge is 0.140 e. The zero-order chi connectivity index (χ0) is 10.6. The Morgan fingerprint density at radius 2 is 1.93 bits per heavy atom. The van der Waals surface area contributed by atoms with Crippen LogP contribution in [0.2, 0.25) is 0 Å². The zero-order valence-corrected chi connectivity index (χ0v) is 9.78. The molecule has 5 atom stereocenters. The number of ketones is 1. The molecule has 3 aliphatic carbocycles. The summed E-state index contributed by atoms with van der Waals surface area (Å²) >= 11 is 0. The maximum Gasteiger partial charge on any atom is 0.140 e. The van der Waals surface area contributed by atoms with Gasteiger partial charge >= 0.3 is 0 Å². The van der Waals surface area contributed by atoms with Crippen LogP contribution in [-0.2, 0) is 4.79 Å². The highest BCUT2D eigenvalue weighted by atomic mass is 16.1. The predicted molar refractivity (Wildman–Crippen MR) is 59.5 cm³/mol. The van der Waals surface area contributed by atoms with Crippen LogP contribution in [0.5, 0.6) is 0 Å². The number of nitrogens with zero attached hydrogens (tertiary/aromatic N) is 1. The molecule has 2 heteroatoms. The van der Waals surface area contributed by atoms with Gasteiger partial charge in [-0.15, -0.1) is 0 Å². The van der Waals surface area contributed by atoms with E-state index in [1.165, 1.54) is 25.7 Å². The van der Waals surface area contributed by atoms with Crippen molar-refractivity contribution in [3.8, 4) is 0 Å². The van der Waals surface area contributed by atoms with Crippen molar-refractivity contribution in [2.75, 3.05) is 20.6 Å². The van der Waals surface area contributed by atoms with Gasteiger partial charge in [-0.3, -0.25) is 4.79 Å². The summed E-state index contributed by atoms with van der Waals surface area (Å²) in [5.74, 6) is 3.91. The molecule has 0 aromatic rings. The number of hydrogen-bond donors (Lipinski definition) is 0. The first kappa shape index (κ1) is 9.83. The van der Waals surface area contributed by atoms with Crippen molar-refractivity contribution in [3.05, 3.63) is 0 Å². The average Bonchev–Trinajstić information content (AvgIpc) is 2.77. The highest BCUT2D eigenvalue weighted by molar-refractivity contribution is 5.87. The lowest BCUT2D eigenvalue weighted by Crippen LogP contribution is -2.38. The van der Waals surface area contributed by atoms with E-state index in [2.05, 4.69) is 19.0 Å². The van der Waals surface area contributed by atoms with E-state index in [1.807, 2.05) is 0 Å². The van der Waals surface area contributed by atoms with E-state index in [9.17, 15) is 4.79 Å². The summed E-state index contributed by atoms with van der Waals surface area (Å²) in [6, 6.07) is 0. The highest BCUT2D eigenvalue weighted by Crippen LogP contribution is 2.59. The van der Waals surface area contributed by atoms with Gasteiger partial charge in [0.05, 0.1) is 0 Å². The van der Waals surface area contributed by atoms with Crippen LogP contribution in [0.25, 0.3) is 0 Å². The Hall–Kier alpha value is -0.370. The maximum atomic E-state index is 12.2. The minimum atomic E-state index is 0.379. The lowest BCUT2D eigenvalue weighted by Gasteiger charge is -2.31. The number of Topliss-reactive ketones (excluding diaryl/α,β-unsaturated/α-hetero) is 1. The molecule has 2 bridgehead atoms.